The van der Waals surface area contributed by atoms with Crippen molar-refractivity contribution in [2.24, 2.45) is 0 Å². The number of hydrogen-bond acceptors (Lipinski definition) is 3. The summed E-state index contributed by atoms with van der Waals surface area (Å²) in [4.78, 5) is 12.6. The number of carbonyl (C=O) groups is 1. The van der Waals surface area contributed by atoms with Gasteiger partial charge in [-0.25, -0.2) is 0 Å². The Morgan fingerprint density at radius 3 is 3.20 bits per heavy atom. The molecular weight excluding hydrogens is 128 g/mol. The Labute approximate surface area is 61.4 Å². The fraction of sp³-hybridized carbons (Fsp3) is 0.857. The summed E-state index contributed by atoms with van der Waals surface area (Å²) in [6, 6.07) is 0.125. The van der Waals surface area contributed by atoms with Gasteiger partial charge in [-0.3, -0.25) is 4.90 Å². The lowest BCUT2D eigenvalue weighted by Gasteiger charge is -2.16. The number of nitrogens with zero attached hydrogens (tertiary/aromatic N) is 1. The van der Waals surface area contributed by atoms with E-state index < -0.39 is 0 Å². The normalized spacial score (nSPS) is 27.1. The van der Waals surface area contributed by atoms with Gasteiger partial charge in [0.25, 0.3) is 0 Å². The molecule has 0 spiro atoms. The quantitative estimate of drug-likeness (QED) is 0.555. The third-order valence-electron chi connectivity index (χ3n) is 1.81. The van der Waals surface area contributed by atoms with E-state index in [-0.39, 0.29) is 6.04 Å². The highest BCUT2D eigenvalue weighted by Gasteiger charge is 2.21. The van der Waals surface area contributed by atoms with Gasteiger partial charge in [0.2, 0.25) is 0 Å². The van der Waals surface area contributed by atoms with Gasteiger partial charge in [-0.15, -0.1) is 0 Å². The standard InChI is InChI=1S/C7H14N2O/c1-2-3-9-6-8-4-7(9)5-10/h5,7-8H,2-4,6H2,1H3. The van der Waals surface area contributed by atoms with E-state index in [1.54, 1.807) is 0 Å². The minimum atomic E-state index is 0.125. The Morgan fingerprint density at radius 1 is 1.80 bits per heavy atom. The largest absolute Gasteiger partial charge is 0.302 e. The number of hydrogen-bond donors (Lipinski definition) is 1. The van der Waals surface area contributed by atoms with Crippen LogP contribution in [-0.4, -0.2) is 37.0 Å². The first-order chi connectivity index (χ1) is 4.88. The molecule has 1 heterocycles. The van der Waals surface area contributed by atoms with Gasteiger partial charge in [0.05, 0.1) is 6.04 Å². The molecule has 10 heavy (non-hydrogen) atoms. The van der Waals surface area contributed by atoms with Crippen LogP contribution >= 0.6 is 0 Å². The van der Waals surface area contributed by atoms with Crippen molar-refractivity contribution in [1.82, 2.24) is 10.2 Å². The van der Waals surface area contributed by atoms with E-state index in [0.717, 1.165) is 32.5 Å². The maximum atomic E-state index is 10.4. The molecule has 0 radical (unpaired) electrons. The average Bonchev–Trinajstić information content (AvgIpc) is 2.36. The van der Waals surface area contributed by atoms with Gasteiger partial charge < -0.3 is 10.1 Å². The van der Waals surface area contributed by atoms with Crippen molar-refractivity contribution in [3.63, 3.8) is 0 Å². The zero-order valence-corrected chi connectivity index (χ0v) is 6.34. The Morgan fingerprint density at radius 2 is 2.60 bits per heavy atom. The number of carbonyl (C=O) groups excluding carboxylic acids is 1. The van der Waals surface area contributed by atoms with Crippen LogP contribution in [0.5, 0.6) is 0 Å². The maximum absolute atomic E-state index is 10.4. The molecule has 0 aliphatic carbocycles. The smallest absolute Gasteiger partial charge is 0.138 e. The molecule has 0 amide bonds. The summed E-state index contributed by atoms with van der Waals surface area (Å²) in [7, 11) is 0. The van der Waals surface area contributed by atoms with Gasteiger partial charge >= 0.3 is 0 Å². The molecule has 1 N–H and O–H groups in total. The molecular formula is C7H14N2O. The third kappa shape index (κ3) is 1.55. The van der Waals surface area contributed by atoms with E-state index in [4.69, 9.17) is 0 Å². The molecule has 0 aromatic heterocycles. The lowest BCUT2D eigenvalue weighted by Crippen LogP contribution is -2.32. The van der Waals surface area contributed by atoms with Gasteiger partial charge in [0.15, 0.2) is 0 Å². The SMILES string of the molecule is CCCN1CNCC1C=O. The maximum Gasteiger partial charge on any atom is 0.138 e. The van der Waals surface area contributed by atoms with Gasteiger partial charge in [-0.1, -0.05) is 6.92 Å². The minimum Gasteiger partial charge on any atom is -0.302 e. The number of aldehydes is 1. The highest BCUT2D eigenvalue weighted by atomic mass is 16.1. The van der Waals surface area contributed by atoms with Crippen molar-refractivity contribution in [2.45, 2.75) is 19.4 Å². The molecule has 1 fully saturated rings. The van der Waals surface area contributed by atoms with Crippen LogP contribution in [0.15, 0.2) is 0 Å². The fourth-order valence-corrected chi connectivity index (χ4v) is 1.27. The average molecular weight is 142 g/mol. The first-order valence-corrected chi connectivity index (χ1v) is 3.78. The van der Waals surface area contributed by atoms with E-state index >= 15 is 0 Å². The van der Waals surface area contributed by atoms with Crippen LogP contribution < -0.4 is 5.32 Å². The zero-order valence-electron chi connectivity index (χ0n) is 6.34. The first kappa shape index (κ1) is 7.69. The van der Waals surface area contributed by atoms with Crippen molar-refractivity contribution in [2.75, 3.05) is 19.8 Å². The van der Waals surface area contributed by atoms with Crippen LogP contribution in [0.2, 0.25) is 0 Å². The van der Waals surface area contributed by atoms with Crippen LogP contribution in [0.3, 0.4) is 0 Å². The predicted molar refractivity (Wildman–Crippen MR) is 39.7 cm³/mol. The molecule has 0 aromatic rings. The van der Waals surface area contributed by atoms with Crippen LogP contribution in [0.25, 0.3) is 0 Å². The number of nitrogens with one attached hydrogen (secondary N) is 1. The van der Waals surface area contributed by atoms with Crippen molar-refractivity contribution < 1.29 is 4.79 Å². The van der Waals surface area contributed by atoms with Crippen LogP contribution in [0.1, 0.15) is 13.3 Å². The van der Waals surface area contributed by atoms with E-state index in [9.17, 15) is 4.79 Å². The Hall–Kier alpha value is -0.410. The van der Waals surface area contributed by atoms with Gasteiger partial charge in [-0.2, -0.15) is 0 Å². The zero-order chi connectivity index (χ0) is 7.40. The molecule has 0 bridgehead atoms. The molecule has 1 unspecified atom stereocenters. The summed E-state index contributed by atoms with van der Waals surface area (Å²) >= 11 is 0. The first-order valence-electron chi connectivity index (χ1n) is 3.78. The second-order valence-electron chi connectivity index (χ2n) is 2.63. The fourth-order valence-electron chi connectivity index (χ4n) is 1.27. The summed E-state index contributed by atoms with van der Waals surface area (Å²) in [5, 5.41) is 3.15. The molecule has 1 rings (SSSR count). The van der Waals surface area contributed by atoms with Crippen molar-refractivity contribution in [3.05, 3.63) is 0 Å². The summed E-state index contributed by atoms with van der Waals surface area (Å²) in [6.07, 6.45) is 2.14. The lowest BCUT2D eigenvalue weighted by molar-refractivity contribution is -0.111. The Kier molecular flexibility index (Phi) is 2.83. The Bertz CT molecular complexity index is 116. The second kappa shape index (κ2) is 3.68. The van der Waals surface area contributed by atoms with Crippen LogP contribution in [0, 0.1) is 0 Å². The van der Waals surface area contributed by atoms with Crippen molar-refractivity contribution in [1.29, 1.82) is 0 Å². The van der Waals surface area contributed by atoms with Crippen molar-refractivity contribution >= 4 is 6.29 Å². The monoisotopic (exact) mass is 142 g/mol. The number of rotatable bonds is 3. The van der Waals surface area contributed by atoms with Gasteiger partial charge in [0, 0.05) is 13.2 Å². The minimum absolute atomic E-state index is 0.125. The summed E-state index contributed by atoms with van der Waals surface area (Å²) in [5.74, 6) is 0. The van der Waals surface area contributed by atoms with E-state index in [1.807, 2.05) is 0 Å². The van der Waals surface area contributed by atoms with Crippen molar-refractivity contribution in [3.8, 4) is 0 Å². The summed E-state index contributed by atoms with van der Waals surface area (Å²) in [6.45, 7) is 4.84. The topological polar surface area (TPSA) is 32.3 Å². The third-order valence-corrected chi connectivity index (χ3v) is 1.81. The highest BCUT2D eigenvalue weighted by molar-refractivity contribution is 5.58. The summed E-state index contributed by atoms with van der Waals surface area (Å²) in [5.41, 5.74) is 0. The molecule has 1 atom stereocenters. The van der Waals surface area contributed by atoms with E-state index in [2.05, 4.69) is 17.1 Å². The van der Waals surface area contributed by atoms with Crippen LogP contribution in [-0.2, 0) is 4.79 Å². The van der Waals surface area contributed by atoms with Gasteiger partial charge in [-0.05, 0) is 13.0 Å². The van der Waals surface area contributed by atoms with Gasteiger partial charge in [0.1, 0.15) is 6.29 Å². The molecule has 58 valence electrons. The van der Waals surface area contributed by atoms with Crippen LogP contribution in [0.4, 0.5) is 0 Å². The molecule has 1 saturated heterocycles. The molecule has 0 aromatic carbocycles. The Balaban J connectivity index is 2.34. The highest BCUT2D eigenvalue weighted by Crippen LogP contribution is 2.01. The summed E-state index contributed by atoms with van der Waals surface area (Å²) < 4.78 is 0. The molecule has 3 nitrogen and oxygen atoms in total. The molecule has 3 heteroatoms. The van der Waals surface area contributed by atoms with E-state index in [0.29, 0.717) is 0 Å². The van der Waals surface area contributed by atoms with E-state index in [1.165, 1.54) is 0 Å². The second-order valence-corrected chi connectivity index (χ2v) is 2.63. The molecule has 0 saturated carbocycles. The molecule has 1 aliphatic heterocycles. The lowest BCUT2D eigenvalue weighted by atomic mass is 10.3. The predicted octanol–water partition coefficient (Wildman–Crippen LogP) is -0.173. The molecule has 1 aliphatic rings.